The summed E-state index contributed by atoms with van der Waals surface area (Å²) in [6.45, 7) is 8.20. The van der Waals surface area contributed by atoms with E-state index in [4.69, 9.17) is 22.1 Å². The van der Waals surface area contributed by atoms with Crippen LogP contribution in [0.25, 0.3) is 0 Å². The van der Waals surface area contributed by atoms with Gasteiger partial charge >= 0.3 is 0 Å². The number of aryl methyl sites for hydroxylation is 1. The lowest BCUT2D eigenvalue weighted by molar-refractivity contribution is 0.460. The normalized spacial score (nSPS) is 11.4. The molecule has 1 aromatic carbocycles. The highest BCUT2D eigenvalue weighted by molar-refractivity contribution is 6.28. The number of aromatic nitrogens is 2. The molecule has 106 valence electrons. The molecule has 0 saturated heterocycles. The van der Waals surface area contributed by atoms with E-state index in [0.29, 0.717) is 17.1 Å². The van der Waals surface area contributed by atoms with Crippen LogP contribution in [0.4, 0.5) is 5.69 Å². The zero-order valence-corrected chi connectivity index (χ0v) is 12.8. The Kier molecular flexibility index (Phi) is 3.86. The van der Waals surface area contributed by atoms with Crippen molar-refractivity contribution in [3.63, 3.8) is 0 Å². The van der Waals surface area contributed by atoms with E-state index in [2.05, 4.69) is 36.8 Å². The molecule has 4 nitrogen and oxygen atoms in total. The van der Waals surface area contributed by atoms with Gasteiger partial charge in [-0.15, -0.1) is 0 Å². The summed E-state index contributed by atoms with van der Waals surface area (Å²) >= 11 is 5.83. The second-order valence-electron chi connectivity index (χ2n) is 5.68. The first kappa shape index (κ1) is 14.6. The maximum Gasteiger partial charge on any atom is 0.247 e. The molecular formula is C15H18ClN3O. The van der Waals surface area contributed by atoms with Crippen molar-refractivity contribution in [1.29, 1.82) is 0 Å². The smallest absolute Gasteiger partial charge is 0.247 e. The molecule has 0 aliphatic rings. The van der Waals surface area contributed by atoms with Crippen LogP contribution in [0.1, 0.15) is 32.0 Å². The lowest BCUT2D eigenvalue weighted by atomic mass is 9.87. The minimum Gasteiger partial charge on any atom is -0.437 e. The van der Waals surface area contributed by atoms with E-state index < -0.39 is 0 Å². The Labute approximate surface area is 124 Å². The Morgan fingerprint density at radius 3 is 2.55 bits per heavy atom. The largest absolute Gasteiger partial charge is 0.437 e. The number of nitrogens with two attached hydrogens (primary N) is 1. The molecule has 0 atom stereocenters. The summed E-state index contributed by atoms with van der Waals surface area (Å²) in [7, 11) is 0. The van der Waals surface area contributed by atoms with Gasteiger partial charge in [0.1, 0.15) is 11.4 Å². The average Bonchev–Trinajstić information content (AvgIpc) is 2.35. The van der Waals surface area contributed by atoms with E-state index in [1.54, 1.807) is 6.92 Å². The fraction of sp³-hybridized carbons (Fsp3) is 0.333. The number of ether oxygens (including phenoxy) is 1. The van der Waals surface area contributed by atoms with E-state index in [1.807, 2.05) is 18.2 Å². The summed E-state index contributed by atoms with van der Waals surface area (Å²) in [6, 6.07) is 7.85. The van der Waals surface area contributed by atoms with Crippen LogP contribution in [0.2, 0.25) is 5.28 Å². The summed E-state index contributed by atoms with van der Waals surface area (Å²) in [5.74, 6) is 0.965. The van der Waals surface area contributed by atoms with E-state index in [0.717, 1.165) is 0 Å². The molecule has 0 unspecified atom stereocenters. The van der Waals surface area contributed by atoms with Crippen molar-refractivity contribution in [2.75, 3.05) is 5.73 Å². The van der Waals surface area contributed by atoms with Crippen molar-refractivity contribution < 1.29 is 4.74 Å². The highest BCUT2D eigenvalue weighted by Gasteiger charge is 2.15. The molecule has 0 amide bonds. The fourth-order valence-electron chi connectivity index (χ4n) is 1.74. The minimum atomic E-state index is 0.0458. The number of hydrogen-bond acceptors (Lipinski definition) is 4. The van der Waals surface area contributed by atoms with E-state index in [-0.39, 0.29) is 16.6 Å². The molecule has 2 N–H and O–H groups in total. The Morgan fingerprint density at radius 1 is 1.20 bits per heavy atom. The molecule has 0 aliphatic heterocycles. The second kappa shape index (κ2) is 5.29. The molecule has 0 aliphatic carbocycles. The van der Waals surface area contributed by atoms with Crippen LogP contribution in [0.5, 0.6) is 11.6 Å². The molecule has 0 saturated carbocycles. The number of anilines is 1. The Balaban J connectivity index is 2.36. The van der Waals surface area contributed by atoms with Gasteiger partial charge < -0.3 is 10.5 Å². The Hall–Kier alpha value is -1.81. The first-order valence-electron chi connectivity index (χ1n) is 6.35. The van der Waals surface area contributed by atoms with Crippen LogP contribution in [-0.4, -0.2) is 9.97 Å². The third kappa shape index (κ3) is 3.20. The summed E-state index contributed by atoms with van der Waals surface area (Å²) < 4.78 is 5.75. The van der Waals surface area contributed by atoms with Crippen molar-refractivity contribution >= 4 is 17.3 Å². The van der Waals surface area contributed by atoms with Crippen molar-refractivity contribution in [2.45, 2.75) is 33.1 Å². The number of benzene rings is 1. The quantitative estimate of drug-likeness (QED) is 0.846. The highest BCUT2D eigenvalue weighted by atomic mass is 35.5. The number of halogens is 1. The predicted octanol–water partition coefficient (Wildman–Crippen LogP) is 4.11. The second-order valence-corrected chi connectivity index (χ2v) is 6.01. The van der Waals surface area contributed by atoms with Gasteiger partial charge in [-0.05, 0) is 41.6 Å². The average molecular weight is 292 g/mol. The molecular weight excluding hydrogens is 274 g/mol. The zero-order valence-electron chi connectivity index (χ0n) is 12.1. The van der Waals surface area contributed by atoms with E-state index in [1.165, 1.54) is 5.56 Å². The standard InChI is InChI=1S/C15H18ClN3O/c1-9-12(17)13(19-14(16)18-9)20-11-7-5-6-10(8-11)15(2,3)4/h5-8H,17H2,1-4H3. The summed E-state index contributed by atoms with van der Waals surface area (Å²) in [5, 5.41) is 0.124. The molecule has 1 aromatic heterocycles. The summed E-state index contributed by atoms with van der Waals surface area (Å²) in [4.78, 5) is 8.01. The molecule has 0 spiro atoms. The number of nitrogen functional groups attached to an aromatic ring is 1. The van der Waals surface area contributed by atoms with Crippen molar-refractivity contribution in [2.24, 2.45) is 0 Å². The monoisotopic (exact) mass is 291 g/mol. The van der Waals surface area contributed by atoms with Gasteiger partial charge in [-0.3, -0.25) is 0 Å². The van der Waals surface area contributed by atoms with E-state index >= 15 is 0 Å². The topological polar surface area (TPSA) is 61.0 Å². The fourth-order valence-corrected chi connectivity index (χ4v) is 1.94. The molecule has 2 aromatic rings. The summed E-state index contributed by atoms with van der Waals surface area (Å²) in [6.07, 6.45) is 0. The van der Waals surface area contributed by atoms with Gasteiger partial charge in [-0.1, -0.05) is 32.9 Å². The lowest BCUT2D eigenvalue weighted by Crippen LogP contribution is -2.10. The predicted molar refractivity (Wildman–Crippen MR) is 81.4 cm³/mol. The third-order valence-electron chi connectivity index (χ3n) is 2.99. The Morgan fingerprint density at radius 2 is 1.90 bits per heavy atom. The Bertz CT molecular complexity index is 636. The number of rotatable bonds is 2. The van der Waals surface area contributed by atoms with Crippen LogP contribution in [0, 0.1) is 6.92 Å². The third-order valence-corrected chi connectivity index (χ3v) is 3.16. The zero-order chi connectivity index (χ0) is 14.9. The van der Waals surface area contributed by atoms with Gasteiger partial charge in [0.15, 0.2) is 0 Å². The van der Waals surface area contributed by atoms with Crippen LogP contribution in [-0.2, 0) is 5.41 Å². The molecule has 5 heteroatoms. The van der Waals surface area contributed by atoms with Crippen molar-refractivity contribution in [3.05, 3.63) is 40.8 Å². The van der Waals surface area contributed by atoms with Gasteiger partial charge in [-0.25, -0.2) is 4.98 Å². The molecule has 0 fully saturated rings. The van der Waals surface area contributed by atoms with Gasteiger partial charge in [0.2, 0.25) is 11.2 Å². The number of hydrogen-bond donors (Lipinski definition) is 1. The maximum absolute atomic E-state index is 5.91. The number of nitrogens with zero attached hydrogens (tertiary/aromatic N) is 2. The lowest BCUT2D eigenvalue weighted by Gasteiger charge is -2.19. The van der Waals surface area contributed by atoms with Crippen molar-refractivity contribution in [1.82, 2.24) is 9.97 Å². The van der Waals surface area contributed by atoms with Crippen LogP contribution in [0.3, 0.4) is 0 Å². The van der Waals surface area contributed by atoms with Gasteiger partial charge in [-0.2, -0.15) is 4.98 Å². The SMILES string of the molecule is Cc1nc(Cl)nc(Oc2cccc(C(C)(C)C)c2)c1N. The molecule has 20 heavy (non-hydrogen) atoms. The highest BCUT2D eigenvalue weighted by Crippen LogP contribution is 2.31. The minimum absolute atomic E-state index is 0.0458. The van der Waals surface area contributed by atoms with Crippen LogP contribution >= 0.6 is 11.6 Å². The molecule has 1 heterocycles. The van der Waals surface area contributed by atoms with E-state index in [9.17, 15) is 0 Å². The van der Waals surface area contributed by atoms with Gasteiger partial charge in [0, 0.05) is 0 Å². The van der Waals surface area contributed by atoms with Gasteiger partial charge in [0.25, 0.3) is 0 Å². The molecule has 2 rings (SSSR count). The maximum atomic E-state index is 5.91. The molecule has 0 radical (unpaired) electrons. The van der Waals surface area contributed by atoms with Crippen molar-refractivity contribution in [3.8, 4) is 11.6 Å². The molecule has 0 bridgehead atoms. The summed E-state index contributed by atoms with van der Waals surface area (Å²) in [5.41, 5.74) is 8.13. The van der Waals surface area contributed by atoms with Crippen LogP contribution in [0.15, 0.2) is 24.3 Å². The first-order valence-corrected chi connectivity index (χ1v) is 6.73. The first-order chi connectivity index (χ1) is 9.27. The van der Waals surface area contributed by atoms with Gasteiger partial charge in [0.05, 0.1) is 5.69 Å². The van der Waals surface area contributed by atoms with Crippen LogP contribution < -0.4 is 10.5 Å².